The van der Waals surface area contributed by atoms with Gasteiger partial charge in [-0.1, -0.05) is 31.2 Å². The molecule has 2 amide bonds. The smallest absolute Gasteiger partial charge is 0.416 e. The number of nitrogens with zero attached hydrogens (tertiary/aromatic N) is 1. The van der Waals surface area contributed by atoms with E-state index in [1.807, 2.05) is 6.92 Å². The Balaban J connectivity index is 1.82. The normalized spacial score (nSPS) is 14.7. The van der Waals surface area contributed by atoms with Crippen LogP contribution in [-0.4, -0.2) is 28.4 Å². The molecule has 0 radical (unpaired) electrons. The van der Waals surface area contributed by atoms with Crippen molar-refractivity contribution in [3.8, 4) is 5.75 Å². The molecule has 0 saturated carbocycles. The number of imide groups is 1. The zero-order valence-electron chi connectivity index (χ0n) is 15.5. The van der Waals surface area contributed by atoms with Crippen LogP contribution < -0.4 is 4.74 Å². The van der Waals surface area contributed by atoms with Crippen molar-refractivity contribution in [1.29, 1.82) is 0 Å². The maximum Gasteiger partial charge on any atom is 0.416 e. The highest BCUT2D eigenvalue weighted by Gasteiger charge is 2.39. The summed E-state index contributed by atoms with van der Waals surface area (Å²) in [5.41, 5.74) is -0.631. The van der Waals surface area contributed by atoms with Crippen molar-refractivity contribution in [2.45, 2.75) is 26.1 Å². The molecule has 0 unspecified atom stereocenters. The Kier molecular flexibility index (Phi) is 5.63. The molecular formula is C21H18F3NO4. The van der Waals surface area contributed by atoms with Gasteiger partial charge in [0, 0.05) is 0 Å². The second-order valence-corrected chi connectivity index (χ2v) is 6.49. The van der Waals surface area contributed by atoms with Crippen LogP contribution in [0.15, 0.2) is 54.3 Å². The first-order valence-electron chi connectivity index (χ1n) is 8.91. The summed E-state index contributed by atoms with van der Waals surface area (Å²) in [6, 6.07) is 10.6. The van der Waals surface area contributed by atoms with Crippen LogP contribution in [0, 0.1) is 0 Å². The third kappa shape index (κ3) is 4.26. The number of amides is 2. The molecule has 152 valence electrons. The predicted octanol–water partition coefficient (Wildman–Crippen LogP) is 4.33. The summed E-state index contributed by atoms with van der Waals surface area (Å²) in [6.07, 6.45) is -3.71. The van der Waals surface area contributed by atoms with Gasteiger partial charge in [0.05, 0.1) is 24.3 Å². The largest absolute Gasteiger partial charge is 0.502 e. The van der Waals surface area contributed by atoms with Gasteiger partial charge in [0.1, 0.15) is 5.75 Å². The Bertz CT molecular complexity index is 965. The van der Waals surface area contributed by atoms with Crippen LogP contribution in [0.2, 0.25) is 0 Å². The van der Waals surface area contributed by atoms with Crippen molar-refractivity contribution in [1.82, 2.24) is 4.90 Å². The third-order valence-electron chi connectivity index (χ3n) is 4.35. The van der Waals surface area contributed by atoms with Crippen LogP contribution in [0.1, 0.15) is 30.0 Å². The quantitative estimate of drug-likeness (QED) is 0.727. The van der Waals surface area contributed by atoms with Crippen molar-refractivity contribution in [3.63, 3.8) is 0 Å². The van der Waals surface area contributed by atoms with E-state index >= 15 is 0 Å². The SMILES string of the molecule is CCCOc1ccc(C2=C(O)C(=O)N(Cc3cccc(C(F)(F)F)c3)C2=O)cc1. The zero-order valence-corrected chi connectivity index (χ0v) is 15.5. The zero-order chi connectivity index (χ0) is 21.2. The summed E-state index contributed by atoms with van der Waals surface area (Å²) in [6.45, 7) is 2.10. The number of ether oxygens (including phenoxy) is 1. The molecule has 8 heteroatoms. The topological polar surface area (TPSA) is 66.8 Å². The van der Waals surface area contributed by atoms with Crippen LogP contribution in [0.5, 0.6) is 5.75 Å². The van der Waals surface area contributed by atoms with Gasteiger partial charge in [0.25, 0.3) is 11.8 Å². The Morgan fingerprint density at radius 3 is 2.34 bits per heavy atom. The Hall–Kier alpha value is -3.29. The second-order valence-electron chi connectivity index (χ2n) is 6.49. The monoisotopic (exact) mass is 405 g/mol. The Morgan fingerprint density at radius 2 is 1.72 bits per heavy atom. The average Bonchev–Trinajstić information content (AvgIpc) is 2.90. The van der Waals surface area contributed by atoms with Gasteiger partial charge in [-0.3, -0.25) is 14.5 Å². The molecule has 1 heterocycles. The molecule has 1 N–H and O–H groups in total. The Labute approximate surface area is 165 Å². The van der Waals surface area contributed by atoms with Gasteiger partial charge in [-0.15, -0.1) is 0 Å². The highest BCUT2D eigenvalue weighted by atomic mass is 19.4. The van der Waals surface area contributed by atoms with Crippen molar-refractivity contribution >= 4 is 17.4 Å². The van der Waals surface area contributed by atoms with Crippen LogP contribution >= 0.6 is 0 Å². The predicted molar refractivity (Wildman–Crippen MR) is 98.8 cm³/mol. The molecule has 3 rings (SSSR count). The molecule has 0 aliphatic carbocycles. The molecule has 0 bridgehead atoms. The number of hydrogen-bond acceptors (Lipinski definition) is 4. The van der Waals surface area contributed by atoms with Gasteiger partial charge in [-0.25, -0.2) is 0 Å². The van der Waals surface area contributed by atoms with Crippen molar-refractivity contribution in [2.75, 3.05) is 6.61 Å². The molecule has 0 atom stereocenters. The first-order valence-corrected chi connectivity index (χ1v) is 8.91. The average molecular weight is 405 g/mol. The fourth-order valence-corrected chi connectivity index (χ4v) is 2.93. The number of rotatable bonds is 6. The summed E-state index contributed by atoms with van der Waals surface area (Å²) >= 11 is 0. The maximum atomic E-state index is 12.9. The van der Waals surface area contributed by atoms with Gasteiger partial charge in [-0.05, 0) is 41.8 Å². The highest BCUT2D eigenvalue weighted by Crippen LogP contribution is 2.32. The lowest BCUT2D eigenvalue weighted by Crippen LogP contribution is -2.31. The molecule has 0 aromatic heterocycles. The van der Waals surface area contributed by atoms with Crippen LogP contribution in [-0.2, 0) is 22.3 Å². The van der Waals surface area contributed by atoms with Crippen LogP contribution in [0.3, 0.4) is 0 Å². The van der Waals surface area contributed by atoms with E-state index in [0.717, 1.165) is 23.5 Å². The summed E-state index contributed by atoms with van der Waals surface area (Å²) in [5, 5.41) is 10.2. The Morgan fingerprint density at radius 1 is 1.03 bits per heavy atom. The number of carbonyl (C=O) groups excluding carboxylic acids is 2. The van der Waals surface area contributed by atoms with Crippen LogP contribution in [0.4, 0.5) is 13.2 Å². The summed E-state index contributed by atoms with van der Waals surface area (Å²) in [7, 11) is 0. The van der Waals surface area contributed by atoms with Gasteiger partial charge in [-0.2, -0.15) is 13.2 Å². The molecule has 1 aliphatic heterocycles. The number of aliphatic hydroxyl groups is 1. The lowest BCUT2D eigenvalue weighted by atomic mass is 10.1. The molecule has 0 fully saturated rings. The van der Waals surface area contributed by atoms with E-state index in [0.29, 0.717) is 17.9 Å². The molecule has 2 aromatic carbocycles. The minimum Gasteiger partial charge on any atom is -0.502 e. The number of benzene rings is 2. The minimum absolute atomic E-state index is 0.124. The van der Waals surface area contributed by atoms with E-state index in [1.54, 1.807) is 12.1 Å². The van der Waals surface area contributed by atoms with Gasteiger partial charge >= 0.3 is 6.18 Å². The first kappa shape index (κ1) is 20.4. The lowest BCUT2D eigenvalue weighted by Gasteiger charge is -2.16. The summed E-state index contributed by atoms with van der Waals surface area (Å²) in [5.74, 6) is -1.88. The lowest BCUT2D eigenvalue weighted by molar-refractivity contribution is -0.138. The van der Waals surface area contributed by atoms with E-state index in [-0.39, 0.29) is 17.7 Å². The second kappa shape index (κ2) is 7.98. The number of halogens is 3. The molecule has 5 nitrogen and oxygen atoms in total. The van der Waals surface area contributed by atoms with Crippen molar-refractivity contribution < 1.29 is 32.6 Å². The third-order valence-corrected chi connectivity index (χ3v) is 4.35. The fourth-order valence-electron chi connectivity index (χ4n) is 2.93. The van der Waals surface area contributed by atoms with Gasteiger partial charge in [0.2, 0.25) is 0 Å². The minimum atomic E-state index is -4.54. The standard InChI is InChI=1S/C21H18F3NO4/c1-2-10-29-16-8-6-14(7-9-16)17-18(26)20(28)25(19(17)27)12-13-4-3-5-15(11-13)21(22,23)24/h3-9,11,26H,2,10,12H2,1H3. The molecule has 0 spiro atoms. The molecule has 0 saturated heterocycles. The van der Waals surface area contributed by atoms with E-state index in [1.165, 1.54) is 24.3 Å². The number of alkyl halides is 3. The number of hydrogen-bond donors (Lipinski definition) is 1. The van der Waals surface area contributed by atoms with E-state index in [4.69, 9.17) is 4.74 Å². The molecule has 1 aliphatic rings. The summed E-state index contributed by atoms with van der Waals surface area (Å²) in [4.78, 5) is 25.8. The van der Waals surface area contributed by atoms with Gasteiger partial charge in [0.15, 0.2) is 5.76 Å². The highest BCUT2D eigenvalue weighted by molar-refractivity contribution is 6.34. The van der Waals surface area contributed by atoms with Gasteiger partial charge < -0.3 is 9.84 Å². The van der Waals surface area contributed by atoms with Crippen molar-refractivity contribution in [3.05, 3.63) is 71.0 Å². The molecule has 29 heavy (non-hydrogen) atoms. The maximum absolute atomic E-state index is 12.9. The number of carbonyl (C=O) groups is 2. The summed E-state index contributed by atoms with van der Waals surface area (Å²) < 4.78 is 44.1. The molecular weight excluding hydrogens is 387 g/mol. The number of aliphatic hydroxyl groups excluding tert-OH is 1. The van der Waals surface area contributed by atoms with E-state index < -0.39 is 29.3 Å². The van der Waals surface area contributed by atoms with Crippen molar-refractivity contribution in [2.24, 2.45) is 0 Å². The fraction of sp³-hybridized carbons (Fsp3) is 0.238. The molecule has 2 aromatic rings. The van der Waals surface area contributed by atoms with E-state index in [9.17, 15) is 27.9 Å². The van der Waals surface area contributed by atoms with Crippen LogP contribution in [0.25, 0.3) is 5.57 Å². The first-order chi connectivity index (χ1) is 13.7. The van der Waals surface area contributed by atoms with E-state index in [2.05, 4.69) is 0 Å².